The zero-order chi connectivity index (χ0) is 33.8. The van der Waals surface area contributed by atoms with Gasteiger partial charge in [-0.1, -0.05) is 42.3 Å². The molecule has 3 saturated carbocycles. The molecule has 246 valence electrons. The number of thioether (sulfide) groups is 1. The van der Waals surface area contributed by atoms with E-state index in [9.17, 15) is 29.9 Å². The van der Waals surface area contributed by atoms with E-state index in [1.807, 2.05) is 0 Å². The minimum atomic E-state index is -2.12. The van der Waals surface area contributed by atoms with E-state index in [2.05, 4.69) is 0 Å². The molecule has 0 bridgehead atoms. The second-order valence-corrected chi connectivity index (χ2v) is 14.8. The first-order valence-electron chi connectivity index (χ1n) is 15.6. The molecule has 4 aliphatic rings. The topological polar surface area (TPSA) is 134 Å². The van der Waals surface area contributed by atoms with Gasteiger partial charge in [0, 0.05) is 27.4 Å². The van der Waals surface area contributed by atoms with Crippen LogP contribution in [-0.4, -0.2) is 51.9 Å². The lowest BCUT2D eigenvalue weighted by Gasteiger charge is -2.62. The van der Waals surface area contributed by atoms with Crippen LogP contribution < -0.4 is 0 Å². The van der Waals surface area contributed by atoms with Crippen molar-refractivity contribution in [2.45, 2.75) is 74.0 Å². The zero-order valence-corrected chi connectivity index (χ0v) is 27.6. The summed E-state index contributed by atoms with van der Waals surface area (Å²) in [6, 6.07) is 13.5. The molecular formula is C36H35ClFNO7S. The van der Waals surface area contributed by atoms with Gasteiger partial charge in [-0.3, -0.25) is 4.79 Å². The van der Waals surface area contributed by atoms with Crippen LogP contribution in [0.15, 0.2) is 71.2 Å². The molecule has 0 spiro atoms. The van der Waals surface area contributed by atoms with Crippen LogP contribution >= 0.6 is 23.4 Å². The lowest BCUT2D eigenvalue weighted by atomic mass is 9.45. The Morgan fingerprint density at radius 1 is 1.15 bits per heavy atom. The van der Waals surface area contributed by atoms with Crippen molar-refractivity contribution in [3.63, 3.8) is 0 Å². The van der Waals surface area contributed by atoms with Gasteiger partial charge in [-0.2, -0.15) is 5.26 Å². The molecule has 3 fully saturated rings. The number of phenolic OH excluding ortho intramolecular Hbond substituents is 1. The average molecular weight is 680 g/mol. The smallest absolute Gasteiger partial charge is 0.352 e. The first-order valence-corrected chi connectivity index (χ1v) is 16.9. The number of benzene rings is 2. The van der Waals surface area contributed by atoms with Crippen LogP contribution in [0.5, 0.6) is 5.75 Å². The van der Waals surface area contributed by atoms with E-state index >= 15 is 4.39 Å². The molecule has 11 heteroatoms. The van der Waals surface area contributed by atoms with Crippen LogP contribution in [-0.2, 0) is 24.8 Å². The Bertz CT molecular complexity index is 1740. The number of carbonyl (C=O) groups is 3. The number of ether oxygens (including phenoxy) is 2. The fourth-order valence-electron chi connectivity index (χ4n) is 8.66. The number of phenols is 1. The van der Waals surface area contributed by atoms with Gasteiger partial charge in [-0.05, 0) is 93.0 Å². The fourth-order valence-corrected chi connectivity index (χ4v) is 9.79. The van der Waals surface area contributed by atoms with E-state index in [4.69, 9.17) is 21.1 Å². The Hall–Kier alpha value is -3.65. The summed E-state index contributed by atoms with van der Waals surface area (Å²) in [7, 11) is 0. The SMILES string of the molecule is C[C@]12C=CC(=O)C=C1CC[C@H]1[C@@H]3CC[C@@](OC(=O)c4ccc(CSc5ccc(O)c(Cl)c5)cc4)(C(=O)OCC#N)[C@@]3(C)C[C@H](O)C12F. The molecule has 1 unspecified atom stereocenters. The lowest BCUT2D eigenvalue weighted by Crippen LogP contribution is -2.69. The summed E-state index contributed by atoms with van der Waals surface area (Å²) in [4.78, 5) is 40.6. The summed E-state index contributed by atoms with van der Waals surface area (Å²) in [5, 5.41) is 30.8. The van der Waals surface area contributed by atoms with Crippen molar-refractivity contribution in [3.8, 4) is 11.8 Å². The Labute approximate surface area is 281 Å². The van der Waals surface area contributed by atoms with E-state index < -0.39 is 58.6 Å². The number of ketones is 1. The molecule has 2 aromatic rings. The minimum absolute atomic E-state index is 0.000681. The van der Waals surface area contributed by atoms with Crippen LogP contribution in [0, 0.1) is 34.0 Å². The highest BCUT2D eigenvalue weighted by Gasteiger charge is 2.76. The zero-order valence-electron chi connectivity index (χ0n) is 26.0. The second kappa shape index (κ2) is 12.1. The maximum absolute atomic E-state index is 17.6. The standard InChI is InChI=1S/C36H35ClFNO7S/c1-33-13-11-24(40)17-23(33)7-9-27-26-12-14-35(32(44)45-16-15-39,34(26,2)19-30(42)36(27,33)38)46-31(43)22-5-3-21(4-6-22)20-47-25-8-10-29(41)28(37)18-25/h3-6,8,10-11,13,17-18,26-27,30,41-42H,7,9,12,14,16,19-20H2,1-2H3/t26-,27-,30-,33-,34-,35+,36?/m0/s1. The number of fused-ring (bicyclic) bond motifs is 5. The predicted octanol–water partition coefficient (Wildman–Crippen LogP) is 6.67. The summed E-state index contributed by atoms with van der Waals surface area (Å²) < 4.78 is 29.0. The maximum atomic E-state index is 17.6. The molecule has 7 atom stereocenters. The third-order valence-electron chi connectivity index (χ3n) is 11.1. The van der Waals surface area contributed by atoms with Crippen molar-refractivity contribution in [2.24, 2.45) is 22.7 Å². The number of aliphatic hydroxyl groups excluding tert-OH is 1. The molecule has 0 saturated heterocycles. The van der Waals surface area contributed by atoms with Crippen LogP contribution in [0.1, 0.15) is 61.9 Å². The van der Waals surface area contributed by atoms with Crippen molar-refractivity contribution in [3.05, 3.63) is 82.4 Å². The first-order chi connectivity index (χ1) is 22.3. The number of carbonyl (C=O) groups excluding carboxylic acids is 3. The van der Waals surface area contributed by atoms with Gasteiger partial charge in [0.1, 0.15) is 11.8 Å². The number of aromatic hydroxyl groups is 1. The van der Waals surface area contributed by atoms with Crippen LogP contribution in [0.3, 0.4) is 0 Å². The molecule has 0 amide bonds. The van der Waals surface area contributed by atoms with Crippen molar-refractivity contribution >= 4 is 41.1 Å². The van der Waals surface area contributed by atoms with E-state index in [0.29, 0.717) is 30.6 Å². The number of nitriles is 1. The van der Waals surface area contributed by atoms with Crippen LogP contribution in [0.25, 0.3) is 0 Å². The molecule has 2 aromatic carbocycles. The van der Waals surface area contributed by atoms with E-state index in [1.54, 1.807) is 62.4 Å². The summed E-state index contributed by atoms with van der Waals surface area (Å²) in [5.41, 5.74) is -4.66. The molecule has 8 nitrogen and oxygen atoms in total. The highest BCUT2D eigenvalue weighted by atomic mass is 35.5. The molecule has 0 heterocycles. The van der Waals surface area contributed by atoms with Crippen molar-refractivity contribution in [2.75, 3.05) is 6.61 Å². The number of hydrogen-bond acceptors (Lipinski definition) is 9. The van der Waals surface area contributed by atoms with Crippen LogP contribution in [0.2, 0.25) is 5.02 Å². The molecule has 4 aliphatic carbocycles. The van der Waals surface area contributed by atoms with E-state index in [-0.39, 0.29) is 35.0 Å². The quantitative estimate of drug-likeness (QED) is 0.243. The molecular weight excluding hydrogens is 645 g/mol. The van der Waals surface area contributed by atoms with Crippen molar-refractivity contribution < 1.29 is 38.5 Å². The third kappa shape index (κ3) is 5.18. The van der Waals surface area contributed by atoms with Gasteiger partial charge >= 0.3 is 11.9 Å². The van der Waals surface area contributed by atoms with Gasteiger partial charge < -0.3 is 19.7 Å². The number of aliphatic hydroxyl groups is 1. The number of halogens is 2. The van der Waals surface area contributed by atoms with Gasteiger partial charge in [0.25, 0.3) is 0 Å². The van der Waals surface area contributed by atoms with E-state index in [1.165, 1.54) is 30.0 Å². The third-order valence-corrected chi connectivity index (χ3v) is 12.5. The van der Waals surface area contributed by atoms with Crippen molar-refractivity contribution in [1.29, 1.82) is 5.26 Å². The van der Waals surface area contributed by atoms with Gasteiger partial charge in [0.2, 0.25) is 5.60 Å². The molecule has 2 N–H and O–H groups in total. The fraction of sp³-hybridized carbons (Fsp3) is 0.444. The maximum Gasteiger partial charge on any atom is 0.352 e. The predicted molar refractivity (Wildman–Crippen MR) is 172 cm³/mol. The normalized spacial score (nSPS) is 33.9. The Balaban J connectivity index is 1.27. The Kier molecular flexibility index (Phi) is 8.56. The molecule has 47 heavy (non-hydrogen) atoms. The molecule has 0 radical (unpaired) electrons. The average Bonchev–Trinajstić information content (AvgIpc) is 3.33. The lowest BCUT2D eigenvalue weighted by molar-refractivity contribution is -0.224. The monoisotopic (exact) mass is 679 g/mol. The first kappa shape index (κ1) is 33.3. The van der Waals surface area contributed by atoms with Crippen LogP contribution in [0.4, 0.5) is 4.39 Å². The minimum Gasteiger partial charge on any atom is -0.506 e. The number of allylic oxidation sites excluding steroid dienone is 4. The molecule has 6 rings (SSSR count). The second-order valence-electron chi connectivity index (χ2n) is 13.4. The molecule has 0 aromatic heterocycles. The summed E-state index contributed by atoms with van der Waals surface area (Å²) in [5.74, 6) is -2.47. The van der Waals surface area contributed by atoms with Gasteiger partial charge in [-0.15, -0.1) is 11.8 Å². The summed E-state index contributed by atoms with van der Waals surface area (Å²) >= 11 is 7.51. The Morgan fingerprint density at radius 2 is 1.89 bits per heavy atom. The van der Waals surface area contributed by atoms with Crippen molar-refractivity contribution in [1.82, 2.24) is 0 Å². The molecule has 0 aliphatic heterocycles. The van der Waals surface area contributed by atoms with E-state index in [0.717, 1.165) is 10.5 Å². The number of hydrogen-bond donors (Lipinski definition) is 2. The Morgan fingerprint density at radius 3 is 2.60 bits per heavy atom. The summed E-state index contributed by atoms with van der Waals surface area (Å²) in [6.07, 6.45) is 3.83. The van der Waals surface area contributed by atoms with Gasteiger partial charge in [0.15, 0.2) is 18.1 Å². The number of nitrogens with zero attached hydrogens (tertiary/aromatic N) is 1. The largest absolute Gasteiger partial charge is 0.506 e. The van der Waals surface area contributed by atoms with Gasteiger partial charge in [0.05, 0.1) is 16.7 Å². The highest BCUT2D eigenvalue weighted by Crippen LogP contribution is 2.70. The van der Waals surface area contributed by atoms with Gasteiger partial charge in [-0.25, -0.2) is 14.0 Å². The number of alkyl halides is 1. The summed E-state index contributed by atoms with van der Waals surface area (Å²) in [6.45, 7) is 2.91. The number of rotatable bonds is 7. The number of esters is 2. The highest BCUT2D eigenvalue weighted by molar-refractivity contribution is 7.98.